The van der Waals surface area contributed by atoms with E-state index in [2.05, 4.69) is 25.6 Å². The Morgan fingerprint density at radius 3 is 2.83 bits per heavy atom. The van der Waals surface area contributed by atoms with E-state index in [1.807, 2.05) is 29.0 Å². The lowest BCUT2D eigenvalue weighted by atomic mass is 9.96. The summed E-state index contributed by atoms with van der Waals surface area (Å²) in [5, 5.41) is 23.9. The Hall–Kier alpha value is -3.27. The maximum atomic E-state index is 12.5. The van der Waals surface area contributed by atoms with Gasteiger partial charge in [0.2, 0.25) is 5.91 Å². The molecule has 1 aliphatic heterocycles. The monoisotopic (exact) mass is 409 g/mol. The maximum absolute atomic E-state index is 12.5. The quantitative estimate of drug-likeness (QED) is 0.553. The molecule has 1 fully saturated rings. The number of rotatable bonds is 4. The van der Waals surface area contributed by atoms with Gasteiger partial charge in [-0.05, 0) is 43.3 Å². The molecule has 0 atom stereocenters. The molecule has 0 bridgehead atoms. The molecule has 10 heteroatoms. The lowest BCUT2D eigenvalue weighted by Gasteiger charge is -2.31. The fourth-order valence-electron chi connectivity index (χ4n) is 3.54. The number of piperidine rings is 1. The maximum Gasteiger partial charge on any atom is 0.228 e. The average Bonchev–Trinajstić information content (AvgIpc) is 3.48. The number of nitrogens with zero attached hydrogens (tertiary/aromatic N) is 6. The van der Waals surface area contributed by atoms with Crippen LogP contribution in [0.15, 0.2) is 39.5 Å². The number of fused-ring (bicyclic) bond motifs is 1. The fraction of sp³-hybridized carbons (Fsp3) is 0.316. The third kappa shape index (κ3) is 3.46. The van der Waals surface area contributed by atoms with Crippen molar-refractivity contribution in [3.8, 4) is 11.4 Å². The van der Waals surface area contributed by atoms with Crippen LogP contribution >= 0.6 is 11.3 Å². The zero-order valence-electron chi connectivity index (χ0n) is 15.8. The highest BCUT2D eigenvalue weighted by atomic mass is 32.1. The first kappa shape index (κ1) is 17.8. The molecule has 1 N–H and O–H groups in total. The summed E-state index contributed by atoms with van der Waals surface area (Å²) in [7, 11) is 0. The summed E-state index contributed by atoms with van der Waals surface area (Å²) in [6.45, 7) is 3.30. The van der Waals surface area contributed by atoms with Crippen LogP contribution in [0.3, 0.4) is 0 Å². The van der Waals surface area contributed by atoms with E-state index < -0.39 is 0 Å². The minimum Gasteiger partial charge on any atom is -0.360 e. The highest BCUT2D eigenvalue weighted by Crippen LogP contribution is 2.25. The fourth-order valence-corrected chi connectivity index (χ4v) is 4.18. The highest BCUT2D eigenvalue weighted by Gasteiger charge is 2.26. The molecule has 9 nitrogen and oxygen atoms in total. The van der Waals surface area contributed by atoms with Crippen molar-refractivity contribution < 1.29 is 9.32 Å². The Kier molecular flexibility index (Phi) is 4.47. The zero-order valence-corrected chi connectivity index (χ0v) is 16.6. The summed E-state index contributed by atoms with van der Waals surface area (Å²) in [4.78, 5) is 14.7. The second-order valence-electron chi connectivity index (χ2n) is 7.07. The van der Waals surface area contributed by atoms with Crippen LogP contribution in [0.5, 0.6) is 0 Å². The van der Waals surface area contributed by atoms with E-state index in [0.29, 0.717) is 17.2 Å². The lowest BCUT2D eigenvalue weighted by molar-refractivity contribution is -0.120. The number of anilines is 2. The van der Waals surface area contributed by atoms with Gasteiger partial charge in [0, 0.05) is 36.0 Å². The molecular formula is C19H19N7O2S. The van der Waals surface area contributed by atoms with Crippen LogP contribution in [0, 0.1) is 12.8 Å². The number of aromatic nitrogens is 5. The van der Waals surface area contributed by atoms with Crippen molar-refractivity contribution >= 4 is 34.5 Å². The third-order valence-corrected chi connectivity index (χ3v) is 5.78. The van der Waals surface area contributed by atoms with Gasteiger partial charge in [-0.15, -0.1) is 15.3 Å². The van der Waals surface area contributed by atoms with Gasteiger partial charge in [0.1, 0.15) is 11.6 Å². The second-order valence-corrected chi connectivity index (χ2v) is 7.85. The van der Waals surface area contributed by atoms with Gasteiger partial charge < -0.3 is 14.7 Å². The number of nitrogens with one attached hydrogen (secondary N) is 1. The van der Waals surface area contributed by atoms with Crippen molar-refractivity contribution in [2.24, 2.45) is 5.92 Å². The van der Waals surface area contributed by atoms with E-state index in [4.69, 9.17) is 9.62 Å². The predicted octanol–water partition coefficient (Wildman–Crippen LogP) is 3.00. The van der Waals surface area contributed by atoms with Gasteiger partial charge in [-0.1, -0.05) is 5.16 Å². The molecule has 0 radical (unpaired) electrons. The Bertz CT molecular complexity index is 1140. The van der Waals surface area contributed by atoms with E-state index in [0.717, 1.165) is 43.1 Å². The van der Waals surface area contributed by atoms with Crippen LogP contribution in [0.1, 0.15) is 18.6 Å². The van der Waals surface area contributed by atoms with Crippen molar-refractivity contribution in [3.63, 3.8) is 0 Å². The standard InChI is InChI=1S/C19H19N7O2S/c1-12-10-15(24-28-12)20-19(27)13-4-7-25(8-5-13)17-3-2-16-21-22-18(26(16)23-17)14-6-9-29-11-14/h2-3,6,9-11,13H,4-5,7-8H2,1H3,(H,20,24,27). The number of hydrogen-bond donors (Lipinski definition) is 1. The van der Waals surface area contributed by atoms with Crippen molar-refractivity contribution in [2.45, 2.75) is 19.8 Å². The van der Waals surface area contributed by atoms with Gasteiger partial charge in [0.05, 0.1) is 0 Å². The van der Waals surface area contributed by atoms with E-state index in [1.54, 1.807) is 28.8 Å². The first-order valence-corrected chi connectivity index (χ1v) is 10.4. The first-order chi connectivity index (χ1) is 14.2. The van der Waals surface area contributed by atoms with Crippen LogP contribution in [0.2, 0.25) is 0 Å². The van der Waals surface area contributed by atoms with Gasteiger partial charge in [-0.25, -0.2) is 0 Å². The molecule has 1 saturated heterocycles. The molecule has 29 heavy (non-hydrogen) atoms. The van der Waals surface area contributed by atoms with E-state index >= 15 is 0 Å². The molecule has 4 aromatic heterocycles. The summed E-state index contributed by atoms with van der Waals surface area (Å²) in [5.74, 6) is 2.67. The Morgan fingerprint density at radius 1 is 1.24 bits per heavy atom. The minimum atomic E-state index is -0.0525. The van der Waals surface area contributed by atoms with Crippen LogP contribution in [-0.2, 0) is 4.79 Å². The Balaban J connectivity index is 1.28. The molecule has 148 valence electrons. The predicted molar refractivity (Wildman–Crippen MR) is 109 cm³/mol. The molecule has 1 amide bonds. The molecule has 1 aliphatic rings. The number of carbonyl (C=O) groups is 1. The summed E-state index contributed by atoms with van der Waals surface area (Å²) < 4.78 is 6.78. The summed E-state index contributed by atoms with van der Waals surface area (Å²) in [6.07, 6.45) is 1.50. The Morgan fingerprint density at radius 2 is 2.10 bits per heavy atom. The van der Waals surface area contributed by atoms with Crippen molar-refractivity contribution in [2.75, 3.05) is 23.3 Å². The van der Waals surface area contributed by atoms with Crippen molar-refractivity contribution in [1.82, 2.24) is 25.0 Å². The molecule has 5 heterocycles. The lowest BCUT2D eigenvalue weighted by Crippen LogP contribution is -2.38. The minimum absolute atomic E-state index is 0.0140. The molecule has 0 saturated carbocycles. The van der Waals surface area contributed by atoms with E-state index in [9.17, 15) is 4.79 Å². The van der Waals surface area contributed by atoms with Crippen LogP contribution in [-0.4, -0.2) is 44.0 Å². The molecule has 5 rings (SSSR count). The van der Waals surface area contributed by atoms with Crippen molar-refractivity contribution in [1.29, 1.82) is 0 Å². The Labute approximate surface area is 170 Å². The summed E-state index contributed by atoms with van der Waals surface area (Å²) in [6, 6.07) is 7.61. The number of aryl methyl sites for hydroxylation is 1. The van der Waals surface area contributed by atoms with Gasteiger partial charge in [-0.2, -0.15) is 15.9 Å². The van der Waals surface area contributed by atoms with Crippen LogP contribution < -0.4 is 10.2 Å². The highest BCUT2D eigenvalue weighted by molar-refractivity contribution is 7.08. The summed E-state index contributed by atoms with van der Waals surface area (Å²) >= 11 is 1.62. The van der Waals surface area contributed by atoms with Crippen LogP contribution in [0.25, 0.3) is 17.0 Å². The third-order valence-electron chi connectivity index (χ3n) is 5.10. The number of thiophene rings is 1. The zero-order chi connectivity index (χ0) is 19.8. The number of hydrogen-bond acceptors (Lipinski definition) is 8. The molecule has 0 aliphatic carbocycles. The van der Waals surface area contributed by atoms with Gasteiger partial charge in [0.25, 0.3) is 0 Å². The first-order valence-electron chi connectivity index (χ1n) is 9.41. The van der Waals surface area contributed by atoms with Gasteiger partial charge in [-0.3, -0.25) is 4.79 Å². The molecule has 0 aromatic carbocycles. The van der Waals surface area contributed by atoms with Gasteiger partial charge in [0.15, 0.2) is 17.3 Å². The topological polar surface area (TPSA) is 101 Å². The van der Waals surface area contributed by atoms with E-state index in [1.165, 1.54) is 0 Å². The molecule has 4 aromatic rings. The smallest absolute Gasteiger partial charge is 0.228 e. The van der Waals surface area contributed by atoms with E-state index in [-0.39, 0.29) is 11.8 Å². The summed E-state index contributed by atoms with van der Waals surface area (Å²) in [5.41, 5.74) is 1.72. The number of amides is 1. The second kappa shape index (κ2) is 7.28. The van der Waals surface area contributed by atoms with Crippen LogP contribution in [0.4, 0.5) is 11.6 Å². The molecule has 0 unspecified atom stereocenters. The number of carbonyl (C=O) groups excluding carboxylic acids is 1. The van der Waals surface area contributed by atoms with Crippen molar-refractivity contribution in [3.05, 3.63) is 40.8 Å². The largest absolute Gasteiger partial charge is 0.360 e. The normalized spacial score (nSPS) is 15.1. The SMILES string of the molecule is Cc1cc(NC(=O)C2CCN(c3ccc4nnc(-c5ccsc5)n4n3)CC2)no1. The molecular weight excluding hydrogens is 390 g/mol. The average molecular weight is 409 g/mol. The molecule has 0 spiro atoms. The van der Waals surface area contributed by atoms with Gasteiger partial charge >= 0.3 is 0 Å².